The van der Waals surface area contributed by atoms with E-state index in [0.717, 1.165) is 51.3 Å². The summed E-state index contributed by atoms with van der Waals surface area (Å²) in [5.74, 6) is 0.973. The molecule has 27 heavy (non-hydrogen) atoms. The average molecular weight is 374 g/mol. The van der Waals surface area contributed by atoms with Gasteiger partial charge in [0.1, 0.15) is 5.75 Å². The molecule has 2 fully saturated rings. The number of likely N-dealkylation sites (tertiary alicyclic amines) is 2. The van der Waals surface area contributed by atoms with Gasteiger partial charge in [-0.2, -0.15) is 0 Å². The van der Waals surface area contributed by atoms with E-state index in [4.69, 9.17) is 4.74 Å². The minimum Gasteiger partial charge on any atom is -0.483 e. The molecular formula is C22H35N3O2. The number of carbonyl (C=O) groups is 1. The average Bonchev–Trinajstić information content (AvgIpc) is 2.93. The lowest BCUT2D eigenvalue weighted by molar-refractivity contribution is -0.134. The molecule has 150 valence electrons. The zero-order valence-corrected chi connectivity index (χ0v) is 17.0. The summed E-state index contributed by atoms with van der Waals surface area (Å²) in [4.78, 5) is 19.2. The number of carbonyl (C=O) groups excluding carboxylic acids is 1. The minimum absolute atomic E-state index is 0.118. The summed E-state index contributed by atoms with van der Waals surface area (Å²) in [7, 11) is 4.36. The topological polar surface area (TPSA) is 36.0 Å². The van der Waals surface area contributed by atoms with Crippen LogP contribution >= 0.6 is 0 Å². The summed E-state index contributed by atoms with van der Waals surface area (Å²) in [6, 6.07) is 8.81. The van der Waals surface area contributed by atoms with Gasteiger partial charge < -0.3 is 14.5 Å². The van der Waals surface area contributed by atoms with Gasteiger partial charge >= 0.3 is 0 Å². The molecule has 0 aromatic heterocycles. The third-order valence-corrected chi connectivity index (χ3v) is 5.89. The highest BCUT2D eigenvalue weighted by Gasteiger charge is 2.21. The molecule has 1 amide bonds. The van der Waals surface area contributed by atoms with Gasteiger partial charge in [0.05, 0.1) is 0 Å². The summed E-state index contributed by atoms with van der Waals surface area (Å²) in [6.45, 7) is 5.02. The van der Waals surface area contributed by atoms with Crippen LogP contribution in [-0.2, 0) is 11.3 Å². The van der Waals surface area contributed by atoms with E-state index < -0.39 is 0 Å². The maximum absolute atomic E-state index is 12.4. The molecule has 0 bridgehead atoms. The molecule has 2 saturated heterocycles. The van der Waals surface area contributed by atoms with Gasteiger partial charge in [-0.25, -0.2) is 0 Å². The Balaban J connectivity index is 1.58. The molecule has 0 radical (unpaired) electrons. The predicted molar refractivity (Wildman–Crippen MR) is 109 cm³/mol. The summed E-state index contributed by atoms with van der Waals surface area (Å²) < 4.78 is 5.97. The third kappa shape index (κ3) is 5.94. The molecule has 5 nitrogen and oxygen atoms in total. The summed E-state index contributed by atoms with van der Waals surface area (Å²) in [5, 5.41) is 0. The van der Waals surface area contributed by atoms with Crippen LogP contribution in [0.2, 0.25) is 0 Å². The Kier molecular flexibility index (Phi) is 7.53. The molecule has 0 N–H and O–H groups in total. The Hall–Kier alpha value is -1.59. The van der Waals surface area contributed by atoms with Crippen LogP contribution in [0.1, 0.15) is 44.1 Å². The quantitative estimate of drug-likeness (QED) is 0.768. The van der Waals surface area contributed by atoms with E-state index in [0.29, 0.717) is 6.04 Å². The minimum atomic E-state index is 0.118. The van der Waals surface area contributed by atoms with Gasteiger partial charge in [0.25, 0.3) is 5.91 Å². The summed E-state index contributed by atoms with van der Waals surface area (Å²) in [5.41, 5.74) is 1.18. The highest BCUT2D eigenvalue weighted by atomic mass is 16.5. The first-order valence-corrected chi connectivity index (χ1v) is 10.5. The molecule has 2 heterocycles. The second kappa shape index (κ2) is 10.1. The molecule has 0 aliphatic carbocycles. The maximum atomic E-state index is 12.4. The fraction of sp³-hybridized carbons (Fsp3) is 0.682. The van der Waals surface area contributed by atoms with Gasteiger partial charge in [-0.15, -0.1) is 0 Å². The molecule has 1 unspecified atom stereocenters. The number of rotatable bonds is 6. The van der Waals surface area contributed by atoms with Crippen LogP contribution in [0.4, 0.5) is 0 Å². The van der Waals surface area contributed by atoms with Crippen molar-refractivity contribution in [1.82, 2.24) is 14.7 Å². The molecule has 1 atom stereocenters. The summed E-state index contributed by atoms with van der Waals surface area (Å²) in [6.07, 6.45) is 7.28. The van der Waals surface area contributed by atoms with Crippen molar-refractivity contribution in [2.24, 2.45) is 0 Å². The lowest BCUT2D eigenvalue weighted by Crippen LogP contribution is -2.39. The lowest BCUT2D eigenvalue weighted by atomic mass is 10.1. The van der Waals surface area contributed by atoms with E-state index in [2.05, 4.69) is 36.0 Å². The highest BCUT2D eigenvalue weighted by molar-refractivity contribution is 5.77. The Morgan fingerprint density at radius 3 is 2.59 bits per heavy atom. The van der Waals surface area contributed by atoms with Crippen LogP contribution in [0.25, 0.3) is 0 Å². The molecule has 5 heteroatoms. The van der Waals surface area contributed by atoms with Crippen molar-refractivity contribution in [3.05, 3.63) is 29.8 Å². The number of hydrogen-bond donors (Lipinski definition) is 0. The van der Waals surface area contributed by atoms with Gasteiger partial charge in [-0.1, -0.05) is 24.6 Å². The van der Waals surface area contributed by atoms with Crippen molar-refractivity contribution in [3.8, 4) is 5.75 Å². The van der Waals surface area contributed by atoms with Gasteiger partial charge in [-0.05, 0) is 58.8 Å². The van der Waals surface area contributed by atoms with Crippen LogP contribution in [0.5, 0.6) is 5.75 Å². The molecule has 1 aromatic carbocycles. The number of benzene rings is 1. The molecule has 2 aliphatic heterocycles. The van der Waals surface area contributed by atoms with Crippen LogP contribution in [-0.4, -0.2) is 73.5 Å². The SMILES string of the molecule is CN(C)C1CCCCN(Cc2ccccc2OCC(=O)N2CCCCC2)C1. The fourth-order valence-corrected chi connectivity index (χ4v) is 4.15. The number of ether oxygens (including phenoxy) is 1. The van der Waals surface area contributed by atoms with Crippen LogP contribution in [0, 0.1) is 0 Å². The highest BCUT2D eigenvalue weighted by Crippen LogP contribution is 2.23. The monoisotopic (exact) mass is 373 g/mol. The van der Waals surface area contributed by atoms with Gasteiger partial charge in [0, 0.05) is 37.8 Å². The first kappa shape index (κ1) is 20.2. The van der Waals surface area contributed by atoms with Gasteiger partial charge in [0.15, 0.2) is 6.61 Å². The van der Waals surface area contributed by atoms with Crippen molar-refractivity contribution >= 4 is 5.91 Å². The first-order chi connectivity index (χ1) is 13.1. The fourth-order valence-electron chi connectivity index (χ4n) is 4.15. The van der Waals surface area contributed by atoms with Crippen molar-refractivity contribution < 1.29 is 9.53 Å². The molecule has 2 aliphatic rings. The molecular weight excluding hydrogens is 338 g/mol. The van der Waals surface area contributed by atoms with Crippen LogP contribution in [0.3, 0.4) is 0 Å². The Morgan fingerprint density at radius 2 is 1.81 bits per heavy atom. The molecule has 0 spiro atoms. The van der Waals surface area contributed by atoms with Crippen LogP contribution in [0.15, 0.2) is 24.3 Å². The van der Waals surface area contributed by atoms with Crippen LogP contribution < -0.4 is 4.74 Å². The molecule has 0 saturated carbocycles. The predicted octanol–water partition coefficient (Wildman–Crippen LogP) is 2.99. The Bertz CT molecular complexity index is 599. The number of para-hydroxylation sites is 1. The second-order valence-corrected chi connectivity index (χ2v) is 8.19. The van der Waals surface area contributed by atoms with E-state index in [-0.39, 0.29) is 12.5 Å². The summed E-state index contributed by atoms with van der Waals surface area (Å²) >= 11 is 0. The zero-order valence-electron chi connectivity index (χ0n) is 17.0. The standard InChI is InChI=1S/C22H35N3O2/c1-23(2)20-11-6-9-13-24(17-20)16-19-10-4-5-12-21(19)27-18-22(26)25-14-7-3-8-15-25/h4-5,10,12,20H,3,6-9,11,13-18H2,1-2H3. The van der Waals surface area contributed by atoms with E-state index in [1.807, 2.05) is 17.0 Å². The Labute approximate surface area is 164 Å². The first-order valence-electron chi connectivity index (χ1n) is 10.5. The number of hydrogen-bond acceptors (Lipinski definition) is 4. The normalized spacial score (nSPS) is 21.9. The van der Waals surface area contributed by atoms with E-state index in [1.165, 1.54) is 31.2 Å². The van der Waals surface area contributed by atoms with E-state index in [1.54, 1.807) is 0 Å². The third-order valence-electron chi connectivity index (χ3n) is 5.89. The number of likely N-dealkylation sites (N-methyl/N-ethyl adjacent to an activating group) is 1. The Morgan fingerprint density at radius 1 is 1.07 bits per heavy atom. The largest absolute Gasteiger partial charge is 0.483 e. The number of amides is 1. The lowest BCUT2D eigenvalue weighted by Gasteiger charge is -2.29. The molecule has 3 rings (SSSR count). The molecule has 1 aromatic rings. The van der Waals surface area contributed by atoms with E-state index >= 15 is 0 Å². The van der Waals surface area contributed by atoms with Gasteiger partial charge in [0.2, 0.25) is 0 Å². The van der Waals surface area contributed by atoms with Crippen molar-refractivity contribution in [3.63, 3.8) is 0 Å². The maximum Gasteiger partial charge on any atom is 0.260 e. The number of nitrogens with zero attached hydrogens (tertiary/aromatic N) is 3. The van der Waals surface area contributed by atoms with Crippen molar-refractivity contribution in [2.45, 2.75) is 51.1 Å². The zero-order chi connectivity index (χ0) is 19.1. The van der Waals surface area contributed by atoms with Crippen molar-refractivity contribution in [1.29, 1.82) is 0 Å². The number of piperidine rings is 1. The smallest absolute Gasteiger partial charge is 0.260 e. The van der Waals surface area contributed by atoms with Crippen molar-refractivity contribution in [2.75, 3.05) is 46.9 Å². The van der Waals surface area contributed by atoms with E-state index in [9.17, 15) is 4.79 Å². The second-order valence-electron chi connectivity index (χ2n) is 8.19. The van der Waals surface area contributed by atoms with Gasteiger partial charge in [-0.3, -0.25) is 9.69 Å².